The first-order chi connectivity index (χ1) is 10.0. The molecule has 1 aromatic carbocycles. The van der Waals surface area contributed by atoms with Gasteiger partial charge in [-0.15, -0.1) is 11.3 Å². The lowest BCUT2D eigenvalue weighted by molar-refractivity contribution is -0.139. The maximum atomic E-state index is 10.4. The summed E-state index contributed by atoms with van der Waals surface area (Å²) in [6.07, 6.45) is 1.89. The molecule has 1 aromatic heterocycles. The fourth-order valence-electron chi connectivity index (χ4n) is 1.91. The number of hydrogen-bond donors (Lipinski definition) is 1. The first kappa shape index (κ1) is 15.5. The van der Waals surface area contributed by atoms with E-state index in [9.17, 15) is 4.79 Å². The van der Waals surface area contributed by atoms with E-state index in [-0.39, 0.29) is 6.61 Å². The van der Waals surface area contributed by atoms with E-state index < -0.39 is 5.97 Å². The number of benzene rings is 1. The van der Waals surface area contributed by atoms with Gasteiger partial charge in [0.1, 0.15) is 10.8 Å². The molecular formula is C15H18N2O3S. The molecule has 1 N–H and O–H groups in total. The molecule has 0 aliphatic rings. The molecule has 6 heteroatoms. The third kappa shape index (κ3) is 5.17. The first-order valence-corrected chi connectivity index (χ1v) is 7.38. The molecule has 0 radical (unpaired) electrons. The minimum atomic E-state index is -0.974. The van der Waals surface area contributed by atoms with Gasteiger partial charge in [0.05, 0.1) is 6.54 Å². The third-order valence-electron chi connectivity index (χ3n) is 2.81. The molecule has 0 amide bonds. The molecule has 0 unspecified atom stereocenters. The number of nitrogens with zero attached hydrogens (tertiary/aromatic N) is 2. The van der Waals surface area contributed by atoms with Crippen molar-refractivity contribution in [1.82, 2.24) is 9.88 Å². The molecule has 0 fully saturated rings. The highest BCUT2D eigenvalue weighted by Gasteiger charge is 2.05. The van der Waals surface area contributed by atoms with Gasteiger partial charge in [0, 0.05) is 17.6 Å². The number of rotatable bonds is 7. The molecule has 0 saturated carbocycles. The van der Waals surface area contributed by atoms with Crippen molar-refractivity contribution in [1.29, 1.82) is 0 Å². The Morgan fingerprint density at radius 1 is 1.33 bits per heavy atom. The van der Waals surface area contributed by atoms with Gasteiger partial charge >= 0.3 is 5.97 Å². The number of aryl methyl sites for hydroxylation is 1. The lowest BCUT2D eigenvalue weighted by Crippen LogP contribution is -2.17. The smallest absolute Gasteiger partial charge is 0.341 e. The maximum absolute atomic E-state index is 10.4. The van der Waals surface area contributed by atoms with E-state index in [4.69, 9.17) is 9.84 Å². The highest BCUT2D eigenvalue weighted by atomic mass is 32.1. The summed E-state index contributed by atoms with van der Waals surface area (Å²) in [5.74, 6) is -0.406. The summed E-state index contributed by atoms with van der Waals surface area (Å²) in [7, 11) is 2.05. The van der Waals surface area contributed by atoms with Crippen molar-refractivity contribution >= 4 is 17.3 Å². The van der Waals surface area contributed by atoms with Crippen LogP contribution in [0, 0.1) is 6.92 Å². The molecule has 0 saturated heterocycles. The molecule has 0 aliphatic carbocycles. The van der Waals surface area contributed by atoms with Gasteiger partial charge in [-0.25, -0.2) is 9.78 Å². The number of carbonyl (C=O) groups is 1. The zero-order valence-corrected chi connectivity index (χ0v) is 12.9. The Labute approximate surface area is 127 Å². The molecular weight excluding hydrogens is 288 g/mol. The van der Waals surface area contributed by atoms with E-state index in [1.165, 1.54) is 4.88 Å². The number of hydrogen-bond acceptors (Lipinski definition) is 5. The highest BCUT2D eigenvalue weighted by Crippen LogP contribution is 2.16. The Kier molecular flexibility index (Phi) is 5.30. The fraction of sp³-hybridized carbons (Fsp3) is 0.333. The zero-order valence-electron chi connectivity index (χ0n) is 12.1. The van der Waals surface area contributed by atoms with Crippen LogP contribution in [0.5, 0.6) is 5.75 Å². The molecule has 5 nitrogen and oxygen atoms in total. The van der Waals surface area contributed by atoms with Crippen LogP contribution in [0.15, 0.2) is 30.5 Å². The Bertz CT molecular complexity index is 595. The lowest BCUT2D eigenvalue weighted by atomic mass is 10.2. The van der Waals surface area contributed by atoms with Gasteiger partial charge in [0.25, 0.3) is 0 Å². The van der Waals surface area contributed by atoms with Gasteiger partial charge < -0.3 is 9.84 Å². The van der Waals surface area contributed by atoms with Crippen molar-refractivity contribution in [2.45, 2.75) is 20.0 Å². The van der Waals surface area contributed by atoms with E-state index >= 15 is 0 Å². The number of thiazole rings is 1. The Hall–Kier alpha value is -1.92. The Morgan fingerprint density at radius 2 is 2.05 bits per heavy atom. The number of aromatic nitrogens is 1. The van der Waals surface area contributed by atoms with Crippen molar-refractivity contribution in [3.8, 4) is 5.75 Å². The summed E-state index contributed by atoms with van der Waals surface area (Å²) >= 11 is 1.71. The van der Waals surface area contributed by atoms with Crippen molar-refractivity contribution in [2.75, 3.05) is 13.7 Å². The predicted octanol–water partition coefficient (Wildman–Crippen LogP) is 2.55. The minimum Gasteiger partial charge on any atom is -0.482 e. The van der Waals surface area contributed by atoms with Crippen LogP contribution >= 0.6 is 11.3 Å². The van der Waals surface area contributed by atoms with Crippen LogP contribution < -0.4 is 4.74 Å². The van der Waals surface area contributed by atoms with E-state index in [0.717, 1.165) is 23.7 Å². The largest absolute Gasteiger partial charge is 0.482 e. The second-order valence-corrected chi connectivity index (χ2v) is 6.18. The molecule has 0 atom stereocenters. The standard InChI is InChI=1S/C15H18N2O3S/c1-11-7-16-14(21-11)9-17(2)8-12-3-5-13(6-4-12)20-10-15(18)19/h3-7H,8-10H2,1-2H3,(H,18,19). The van der Waals surface area contributed by atoms with Gasteiger partial charge in [-0.3, -0.25) is 4.90 Å². The van der Waals surface area contributed by atoms with Gasteiger partial charge in [0.15, 0.2) is 6.61 Å². The second-order valence-electron chi connectivity index (χ2n) is 4.86. The Morgan fingerprint density at radius 3 is 2.62 bits per heavy atom. The van der Waals surface area contributed by atoms with Crippen molar-refractivity contribution in [3.63, 3.8) is 0 Å². The van der Waals surface area contributed by atoms with Crippen molar-refractivity contribution in [2.24, 2.45) is 0 Å². The molecule has 0 bridgehead atoms. The molecule has 0 spiro atoms. The number of ether oxygens (including phenoxy) is 1. The second kappa shape index (κ2) is 7.19. The highest BCUT2D eigenvalue weighted by molar-refractivity contribution is 7.11. The summed E-state index contributed by atoms with van der Waals surface area (Å²) in [5, 5.41) is 9.66. The fourth-order valence-corrected chi connectivity index (χ4v) is 2.78. The number of carboxylic acids is 1. The van der Waals surface area contributed by atoms with Crippen LogP contribution in [0.25, 0.3) is 0 Å². The maximum Gasteiger partial charge on any atom is 0.341 e. The van der Waals surface area contributed by atoms with Crippen LogP contribution in [-0.2, 0) is 17.9 Å². The predicted molar refractivity (Wildman–Crippen MR) is 81.6 cm³/mol. The first-order valence-electron chi connectivity index (χ1n) is 6.56. The van der Waals surface area contributed by atoms with Crippen LogP contribution in [0.2, 0.25) is 0 Å². The third-order valence-corrected chi connectivity index (χ3v) is 3.71. The summed E-state index contributed by atoms with van der Waals surface area (Å²) < 4.78 is 5.10. The molecule has 2 rings (SSSR count). The van der Waals surface area contributed by atoms with Gasteiger partial charge in [-0.2, -0.15) is 0 Å². The number of carboxylic acid groups (broad SMARTS) is 1. The Balaban J connectivity index is 1.86. The molecule has 2 aromatic rings. The average Bonchev–Trinajstić information content (AvgIpc) is 2.83. The van der Waals surface area contributed by atoms with E-state index in [0.29, 0.717) is 5.75 Å². The van der Waals surface area contributed by atoms with E-state index in [1.54, 1.807) is 23.5 Å². The zero-order chi connectivity index (χ0) is 15.2. The van der Waals surface area contributed by atoms with Crippen LogP contribution in [-0.4, -0.2) is 34.6 Å². The quantitative estimate of drug-likeness (QED) is 0.851. The minimum absolute atomic E-state index is 0.317. The molecule has 0 aliphatic heterocycles. The molecule has 1 heterocycles. The summed E-state index contributed by atoms with van der Waals surface area (Å²) in [6.45, 7) is 3.35. The van der Waals surface area contributed by atoms with Gasteiger partial charge in [0.2, 0.25) is 0 Å². The monoisotopic (exact) mass is 306 g/mol. The summed E-state index contributed by atoms with van der Waals surface area (Å²) in [4.78, 5) is 18.2. The van der Waals surface area contributed by atoms with E-state index in [1.807, 2.05) is 25.4 Å². The SMILES string of the molecule is Cc1cnc(CN(C)Cc2ccc(OCC(=O)O)cc2)s1. The van der Waals surface area contributed by atoms with Gasteiger partial charge in [-0.1, -0.05) is 12.1 Å². The van der Waals surface area contributed by atoms with Crippen molar-refractivity contribution < 1.29 is 14.6 Å². The topological polar surface area (TPSA) is 62.7 Å². The van der Waals surface area contributed by atoms with Gasteiger partial charge in [-0.05, 0) is 31.7 Å². The normalized spacial score (nSPS) is 10.8. The average molecular weight is 306 g/mol. The molecule has 21 heavy (non-hydrogen) atoms. The lowest BCUT2D eigenvalue weighted by Gasteiger charge is -2.15. The van der Waals surface area contributed by atoms with E-state index in [2.05, 4.69) is 16.8 Å². The van der Waals surface area contributed by atoms with Crippen LogP contribution in [0.3, 0.4) is 0 Å². The van der Waals surface area contributed by atoms with Crippen molar-refractivity contribution in [3.05, 3.63) is 45.9 Å². The van der Waals surface area contributed by atoms with Crippen LogP contribution in [0.1, 0.15) is 15.4 Å². The summed E-state index contributed by atoms with van der Waals surface area (Å²) in [5.41, 5.74) is 1.15. The number of aliphatic carboxylic acids is 1. The van der Waals surface area contributed by atoms with Crippen LogP contribution in [0.4, 0.5) is 0 Å². The summed E-state index contributed by atoms with van der Waals surface area (Å²) in [6, 6.07) is 7.47. The molecule has 112 valence electrons.